The van der Waals surface area contributed by atoms with E-state index in [9.17, 15) is 9.18 Å². The molecule has 1 rings (SSSR count). The van der Waals surface area contributed by atoms with E-state index in [0.29, 0.717) is 17.4 Å². The first-order valence-corrected chi connectivity index (χ1v) is 4.75. The Hall–Kier alpha value is -0.480. The third-order valence-corrected chi connectivity index (χ3v) is 2.35. The summed E-state index contributed by atoms with van der Waals surface area (Å²) in [6.07, 6.45) is 3.42. The normalized spacial score (nSPS) is 32.8. The van der Waals surface area contributed by atoms with E-state index in [4.69, 9.17) is 4.74 Å². The number of allylic oxidation sites excluding steroid dienone is 2. The van der Waals surface area contributed by atoms with E-state index >= 15 is 0 Å². The zero-order valence-electron chi connectivity index (χ0n) is 7.17. The van der Waals surface area contributed by atoms with Gasteiger partial charge in [-0.3, -0.25) is 4.79 Å². The van der Waals surface area contributed by atoms with Crippen molar-refractivity contribution in [3.8, 4) is 0 Å². The molecule has 2 nitrogen and oxygen atoms in total. The summed E-state index contributed by atoms with van der Waals surface area (Å²) in [5.74, 6) is 0. The van der Waals surface area contributed by atoms with Gasteiger partial charge in [-0.15, -0.1) is 0 Å². The van der Waals surface area contributed by atoms with Crippen molar-refractivity contribution in [2.45, 2.75) is 18.7 Å². The minimum absolute atomic E-state index is 0.301. The van der Waals surface area contributed by atoms with E-state index in [1.54, 1.807) is 13.0 Å². The van der Waals surface area contributed by atoms with Crippen LogP contribution in [0.5, 0.6) is 0 Å². The van der Waals surface area contributed by atoms with Crippen LogP contribution in [0.2, 0.25) is 0 Å². The van der Waals surface area contributed by atoms with Gasteiger partial charge in [0, 0.05) is 11.1 Å². The summed E-state index contributed by atoms with van der Waals surface area (Å²) < 4.78 is 19.1. The quantitative estimate of drug-likeness (QED) is 0.716. The fourth-order valence-corrected chi connectivity index (χ4v) is 1.51. The minimum Gasteiger partial charge on any atom is -0.360 e. The number of halogens is 2. The standard InChI is InChI=1S/C9H10BrFO2/c1-2-13-9(6-12)4-3-7(10)5-8(9)11/h3-6,8H,2H2,1H3. The van der Waals surface area contributed by atoms with Gasteiger partial charge in [0.25, 0.3) is 0 Å². The van der Waals surface area contributed by atoms with Gasteiger partial charge in [0.15, 0.2) is 18.1 Å². The molecule has 0 saturated carbocycles. The van der Waals surface area contributed by atoms with Crippen LogP contribution in [0, 0.1) is 0 Å². The second kappa shape index (κ2) is 4.15. The fourth-order valence-electron chi connectivity index (χ4n) is 1.14. The van der Waals surface area contributed by atoms with Gasteiger partial charge in [-0.2, -0.15) is 0 Å². The summed E-state index contributed by atoms with van der Waals surface area (Å²) in [4.78, 5) is 10.7. The van der Waals surface area contributed by atoms with Crippen LogP contribution < -0.4 is 0 Å². The fraction of sp³-hybridized carbons (Fsp3) is 0.444. The molecule has 4 heteroatoms. The third-order valence-electron chi connectivity index (χ3n) is 1.82. The van der Waals surface area contributed by atoms with Crippen LogP contribution in [-0.2, 0) is 9.53 Å². The largest absolute Gasteiger partial charge is 0.360 e. The average molecular weight is 249 g/mol. The monoisotopic (exact) mass is 248 g/mol. The van der Waals surface area contributed by atoms with Crippen molar-refractivity contribution < 1.29 is 13.9 Å². The lowest BCUT2D eigenvalue weighted by Crippen LogP contribution is -2.42. The minimum atomic E-state index is -1.43. The second-order valence-electron chi connectivity index (χ2n) is 2.69. The van der Waals surface area contributed by atoms with Gasteiger partial charge in [-0.1, -0.05) is 15.9 Å². The van der Waals surface area contributed by atoms with Crippen molar-refractivity contribution >= 4 is 22.2 Å². The molecular weight excluding hydrogens is 239 g/mol. The number of aldehydes is 1. The number of hydrogen-bond donors (Lipinski definition) is 0. The lowest BCUT2D eigenvalue weighted by Gasteiger charge is -2.28. The van der Waals surface area contributed by atoms with Crippen molar-refractivity contribution in [2.24, 2.45) is 0 Å². The van der Waals surface area contributed by atoms with Crippen LogP contribution in [0.3, 0.4) is 0 Å². The van der Waals surface area contributed by atoms with Crippen LogP contribution in [0.4, 0.5) is 4.39 Å². The first-order valence-electron chi connectivity index (χ1n) is 3.95. The molecule has 0 heterocycles. The van der Waals surface area contributed by atoms with Gasteiger partial charge in [0.05, 0.1) is 0 Å². The molecule has 13 heavy (non-hydrogen) atoms. The predicted octanol–water partition coefficient (Wildman–Crippen LogP) is 2.15. The number of carbonyl (C=O) groups excluding carboxylic acids is 1. The maximum atomic E-state index is 13.4. The third kappa shape index (κ3) is 2.06. The highest BCUT2D eigenvalue weighted by atomic mass is 79.9. The average Bonchev–Trinajstić information content (AvgIpc) is 2.11. The van der Waals surface area contributed by atoms with E-state index in [1.165, 1.54) is 12.2 Å². The van der Waals surface area contributed by atoms with Crippen molar-refractivity contribution in [2.75, 3.05) is 6.61 Å². The Morgan fingerprint density at radius 3 is 3.00 bits per heavy atom. The lowest BCUT2D eigenvalue weighted by atomic mass is 9.95. The van der Waals surface area contributed by atoms with Gasteiger partial charge in [0.2, 0.25) is 0 Å². The molecule has 0 radical (unpaired) electrons. The molecule has 0 bridgehead atoms. The van der Waals surface area contributed by atoms with Gasteiger partial charge in [0.1, 0.15) is 0 Å². The number of rotatable bonds is 3. The molecule has 1 aliphatic carbocycles. The van der Waals surface area contributed by atoms with E-state index < -0.39 is 11.8 Å². The molecule has 1 aliphatic rings. The van der Waals surface area contributed by atoms with E-state index in [2.05, 4.69) is 15.9 Å². The van der Waals surface area contributed by atoms with Gasteiger partial charge in [-0.25, -0.2) is 4.39 Å². The van der Waals surface area contributed by atoms with Crippen molar-refractivity contribution in [3.05, 3.63) is 22.7 Å². The summed E-state index contributed by atoms with van der Waals surface area (Å²) >= 11 is 3.12. The highest BCUT2D eigenvalue weighted by Gasteiger charge is 2.38. The first kappa shape index (κ1) is 10.6. The molecule has 2 atom stereocenters. The number of ether oxygens (including phenoxy) is 1. The SMILES string of the molecule is CCOC1(C=O)C=CC(Br)=CC1F. The molecule has 0 aromatic rings. The molecular formula is C9H10BrFO2. The Bertz CT molecular complexity index is 262. The van der Waals surface area contributed by atoms with Crippen molar-refractivity contribution in [1.29, 1.82) is 0 Å². The molecule has 0 spiro atoms. The van der Waals surface area contributed by atoms with Crippen molar-refractivity contribution in [1.82, 2.24) is 0 Å². The van der Waals surface area contributed by atoms with Crippen LogP contribution in [0.15, 0.2) is 22.7 Å². The Morgan fingerprint density at radius 2 is 2.54 bits per heavy atom. The Balaban J connectivity index is 2.90. The molecule has 72 valence electrons. The van der Waals surface area contributed by atoms with Crippen molar-refractivity contribution in [3.63, 3.8) is 0 Å². The van der Waals surface area contributed by atoms with Crippen LogP contribution >= 0.6 is 15.9 Å². The summed E-state index contributed by atoms with van der Waals surface area (Å²) in [5.41, 5.74) is -1.42. The zero-order chi connectivity index (χ0) is 9.90. The van der Waals surface area contributed by atoms with Gasteiger partial charge in [-0.05, 0) is 25.2 Å². The van der Waals surface area contributed by atoms with Gasteiger partial charge >= 0.3 is 0 Å². The summed E-state index contributed by atoms with van der Waals surface area (Å²) in [6.45, 7) is 2.02. The predicted molar refractivity (Wildman–Crippen MR) is 51.5 cm³/mol. The van der Waals surface area contributed by atoms with E-state index in [-0.39, 0.29) is 0 Å². The lowest BCUT2D eigenvalue weighted by molar-refractivity contribution is -0.130. The summed E-state index contributed by atoms with van der Waals surface area (Å²) in [6, 6.07) is 0. The molecule has 0 aromatic heterocycles. The summed E-state index contributed by atoms with van der Waals surface area (Å²) in [5, 5.41) is 0. The topological polar surface area (TPSA) is 26.3 Å². The Labute approximate surface area is 84.6 Å². The number of carbonyl (C=O) groups is 1. The van der Waals surface area contributed by atoms with E-state index in [1.807, 2.05) is 0 Å². The number of alkyl halides is 1. The highest BCUT2D eigenvalue weighted by Crippen LogP contribution is 2.28. The second-order valence-corrected chi connectivity index (χ2v) is 3.61. The highest BCUT2D eigenvalue weighted by molar-refractivity contribution is 9.11. The molecule has 0 saturated heterocycles. The Kier molecular flexibility index (Phi) is 3.39. The van der Waals surface area contributed by atoms with Gasteiger partial charge < -0.3 is 4.74 Å². The molecule has 2 unspecified atom stereocenters. The molecule has 0 fully saturated rings. The van der Waals surface area contributed by atoms with E-state index in [0.717, 1.165) is 0 Å². The molecule has 0 aliphatic heterocycles. The zero-order valence-corrected chi connectivity index (χ0v) is 8.75. The first-order chi connectivity index (χ1) is 6.14. The molecule has 0 N–H and O–H groups in total. The summed E-state index contributed by atoms with van der Waals surface area (Å²) in [7, 11) is 0. The molecule has 0 amide bonds. The Morgan fingerprint density at radius 1 is 1.85 bits per heavy atom. The number of hydrogen-bond acceptors (Lipinski definition) is 2. The van der Waals surface area contributed by atoms with Crippen LogP contribution in [-0.4, -0.2) is 24.7 Å². The smallest absolute Gasteiger partial charge is 0.176 e. The maximum Gasteiger partial charge on any atom is 0.176 e. The molecule has 0 aromatic carbocycles. The maximum absolute atomic E-state index is 13.4. The van der Waals surface area contributed by atoms with Crippen LogP contribution in [0.25, 0.3) is 0 Å². The van der Waals surface area contributed by atoms with Crippen LogP contribution in [0.1, 0.15) is 6.92 Å².